The maximum atomic E-state index is 12.8. The lowest BCUT2D eigenvalue weighted by atomic mass is 9.98. The van der Waals surface area contributed by atoms with Gasteiger partial charge >= 0.3 is 5.97 Å². The smallest absolute Gasteiger partial charge is 0.342 e. The molecule has 142 valence electrons. The summed E-state index contributed by atoms with van der Waals surface area (Å²) < 4.78 is 11.4. The van der Waals surface area contributed by atoms with Crippen LogP contribution in [-0.2, 0) is 16.1 Å². The average molecular weight is 372 g/mol. The fourth-order valence-electron chi connectivity index (χ4n) is 3.07. The Balaban J connectivity index is 1.92. The molecule has 1 fully saturated rings. The standard InChI is InChI=1S/C18H20N4O5/c1-4-26-17(25)13-10(2)27-15-14(13)16(24)22(9-20-15)7-12(23)21-18(3,8-19)11-5-6-11/h9,11H,4-7H2,1-3H3,(H,21,23)/t18-/m0/s1. The van der Waals surface area contributed by atoms with Gasteiger partial charge in [0, 0.05) is 0 Å². The summed E-state index contributed by atoms with van der Waals surface area (Å²) in [7, 11) is 0. The molecule has 0 unspecified atom stereocenters. The van der Waals surface area contributed by atoms with E-state index in [9.17, 15) is 19.6 Å². The summed E-state index contributed by atoms with van der Waals surface area (Å²) in [6.45, 7) is 4.69. The lowest BCUT2D eigenvalue weighted by Crippen LogP contribution is -2.48. The molecule has 1 aliphatic carbocycles. The normalized spacial score (nSPS) is 15.8. The summed E-state index contributed by atoms with van der Waals surface area (Å²) in [5, 5.41) is 12.0. The van der Waals surface area contributed by atoms with E-state index in [1.54, 1.807) is 20.8 Å². The van der Waals surface area contributed by atoms with Crippen LogP contribution in [0.3, 0.4) is 0 Å². The molecule has 1 amide bonds. The van der Waals surface area contributed by atoms with Gasteiger partial charge in [-0.25, -0.2) is 9.78 Å². The van der Waals surface area contributed by atoms with Gasteiger partial charge in [-0.2, -0.15) is 5.26 Å². The van der Waals surface area contributed by atoms with Crippen LogP contribution in [0.5, 0.6) is 0 Å². The van der Waals surface area contributed by atoms with Gasteiger partial charge in [-0.3, -0.25) is 14.2 Å². The number of rotatable bonds is 6. The molecule has 0 aliphatic heterocycles. The Hall–Kier alpha value is -3.15. The van der Waals surface area contributed by atoms with Gasteiger partial charge in [0.2, 0.25) is 11.6 Å². The highest BCUT2D eigenvalue weighted by molar-refractivity contribution is 6.03. The molecule has 9 heteroatoms. The Morgan fingerprint density at radius 3 is 2.81 bits per heavy atom. The third-order valence-electron chi connectivity index (χ3n) is 4.67. The Kier molecular flexibility index (Phi) is 4.74. The predicted molar refractivity (Wildman–Crippen MR) is 93.8 cm³/mol. The molecular weight excluding hydrogens is 352 g/mol. The third kappa shape index (κ3) is 3.43. The number of furan rings is 1. The highest BCUT2D eigenvalue weighted by Gasteiger charge is 2.43. The zero-order valence-corrected chi connectivity index (χ0v) is 15.4. The number of hydrogen-bond acceptors (Lipinski definition) is 7. The zero-order valence-electron chi connectivity index (χ0n) is 15.4. The lowest BCUT2D eigenvalue weighted by molar-refractivity contribution is -0.123. The minimum Gasteiger partial charge on any atom is -0.462 e. The van der Waals surface area contributed by atoms with Crippen molar-refractivity contribution in [3.8, 4) is 6.07 Å². The number of fused-ring (bicyclic) bond motifs is 1. The minimum atomic E-state index is -0.958. The molecule has 1 N–H and O–H groups in total. The number of nitrogens with zero attached hydrogens (tertiary/aromatic N) is 3. The number of hydrogen-bond donors (Lipinski definition) is 1. The van der Waals surface area contributed by atoms with Crippen molar-refractivity contribution >= 4 is 23.0 Å². The summed E-state index contributed by atoms with van der Waals surface area (Å²) in [6, 6.07) is 2.13. The summed E-state index contributed by atoms with van der Waals surface area (Å²) in [4.78, 5) is 41.4. The van der Waals surface area contributed by atoms with E-state index in [4.69, 9.17) is 9.15 Å². The van der Waals surface area contributed by atoms with E-state index in [1.165, 1.54) is 6.33 Å². The van der Waals surface area contributed by atoms with Crippen LogP contribution in [0.15, 0.2) is 15.5 Å². The molecule has 0 radical (unpaired) electrons. The topological polar surface area (TPSA) is 127 Å². The highest BCUT2D eigenvalue weighted by Crippen LogP contribution is 2.39. The monoisotopic (exact) mass is 372 g/mol. The SMILES string of the molecule is CCOC(=O)c1c(C)oc2ncn(CC(=O)N[C@@](C)(C#N)C3CC3)c(=O)c12. The molecule has 2 heterocycles. The van der Waals surface area contributed by atoms with E-state index in [-0.39, 0.29) is 41.5 Å². The summed E-state index contributed by atoms with van der Waals surface area (Å²) >= 11 is 0. The van der Waals surface area contributed by atoms with Crippen molar-refractivity contribution in [2.45, 2.75) is 45.7 Å². The molecule has 3 rings (SSSR count). The number of nitrogens with one attached hydrogen (secondary N) is 1. The Morgan fingerprint density at radius 2 is 2.22 bits per heavy atom. The van der Waals surface area contributed by atoms with Crippen LogP contribution in [0.2, 0.25) is 0 Å². The first-order chi connectivity index (χ1) is 12.8. The Labute approximate surface area is 154 Å². The van der Waals surface area contributed by atoms with E-state index in [1.807, 2.05) is 0 Å². The fourth-order valence-corrected chi connectivity index (χ4v) is 3.07. The van der Waals surface area contributed by atoms with Crippen molar-refractivity contribution < 1.29 is 18.7 Å². The van der Waals surface area contributed by atoms with Gasteiger partial charge in [0.1, 0.15) is 35.1 Å². The number of carbonyl (C=O) groups excluding carboxylic acids is 2. The molecule has 0 aromatic carbocycles. The van der Waals surface area contributed by atoms with Gasteiger partial charge < -0.3 is 14.5 Å². The van der Waals surface area contributed by atoms with Gasteiger partial charge in [-0.1, -0.05) is 0 Å². The van der Waals surface area contributed by atoms with Crippen LogP contribution in [0.25, 0.3) is 11.1 Å². The van der Waals surface area contributed by atoms with Crippen molar-refractivity contribution in [3.63, 3.8) is 0 Å². The lowest BCUT2D eigenvalue weighted by Gasteiger charge is -2.22. The molecule has 9 nitrogen and oxygen atoms in total. The highest BCUT2D eigenvalue weighted by atomic mass is 16.5. The molecule has 1 saturated carbocycles. The van der Waals surface area contributed by atoms with Gasteiger partial charge in [-0.15, -0.1) is 0 Å². The predicted octanol–water partition coefficient (Wildman–Crippen LogP) is 1.28. The molecule has 0 spiro atoms. The number of amides is 1. The van der Waals surface area contributed by atoms with E-state index >= 15 is 0 Å². The van der Waals surface area contributed by atoms with E-state index in [0.717, 1.165) is 17.4 Å². The van der Waals surface area contributed by atoms with Crippen molar-refractivity contribution in [3.05, 3.63) is 28.0 Å². The summed E-state index contributed by atoms with van der Waals surface area (Å²) in [5.74, 6) is -0.815. The molecule has 1 aliphatic rings. The second-order valence-electron chi connectivity index (χ2n) is 6.75. The quantitative estimate of drug-likeness (QED) is 0.757. The summed E-state index contributed by atoms with van der Waals surface area (Å²) in [5.41, 5.74) is -1.52. The first-order valence-corrected chi connectivity index (χ1v) is 8.68. The summed E-state index contributed by atoms with van der Waals surface area (Å²) in [6.07, 6.45) is 2.95. The van der Waals surface area contributed by atoms with Crippen molar-refractivity contribution in [1.29, 1.82) is 5.26 Å². The number of aromatic nitrogens is 2. The molecule has 0 bridgehead atoms. The minimum absolute atomic E-state index is 0.0112. The maximum absolute atomic E-state index is 12.8. The second kappa shape index (κ2) is 6.87. The zero-order chi connectivity index (χ0) is 19.8. The van der Waals surface area contributed by atoms with Gasteiger partial charge in [0.25, 0.3) is 5.56 Å². The van der Waals surface area contributed by atoms with Crippen LogP contribution in [0.1, 0.15) is 42.8 Å². The largest absolute Gasteiger partial charge is 0.462 e. The van der Waals surface area contributed by atoms with Crippen LogP contribution in [0, 0.1) is 24.2 Å². The Bertz CT molecular complexity index is 1010. The van der Waals surface area contributed by atoms with Gasteiger partial charge in [-0.05, 0) is 39.5 Å². The third-order valence-corrected chi connectivity index (χ3v) is 4.67. The first-order valence-electron chi connectivity index (χ1n) is 8.68. The van der Waals surface area contributed by atoms with Crippen LogP contribution >= 0.6 is 0 Å². The molecule has 2 aromatic heterocycles. The first kappa shape index (κ1) is 18.6. The number of aryl methyl sites for hydroxylation is 1. The average Bonchev–Trinajstić information content (AvgIpc) is 3.41. The van der Waals surface area contributed by atoms with E-state index in [2.05, 4.69) is 16.4 Å². The van der Waals surface area contributed by atoms with Crippen LogP contribution < -0.4 is 10.9 Å². The molecule has 2 aromatic rings. The van der Waals surface area contributed by atoms with Crippen molar-refractivity contribution in [2.24, 2.45) is 5.92 Å². The van der Waals surface area contributed by atoms with Gasteiger partial charge in [0.15, 0.2) is 0 Å². The van der Waals surface area contributed by atoms with Crippen LogP contribution in [0.4, 0.5) is 0 Å². The number of esters is 1. The number of ether oxygens (including phenoxy) is 1. The number of nitriles is 1. The fraction of sp³-hybridized carbons (Fsp3) is 0.500. The molecule has 0 saturated heterocycles. The van der Waals surface area contributed by atoms with E-state index in [0.29, 0.717) is 0 Å². The molecular formula is C18H20N4O5. The maximum Gasteiger partial charge on any atom is 0.342 e. The Morgan fingerprint density at radius 1 is 1.52 bits per heavy atom. The number of carbonyl (C=O) groups is 2. The van der Waals surface area contributed by atoms with Gasteiger partial charge in [0.05, 0.1) is 12.7 Å². The second-order valence-corrected chi connectivity index (χ2v) is 6.75. The van der Waals surface area contributed by atoms with Crippen molar-refractivity contribution in [2.75, 3.05) is 6.61 Å². The van der Waals surface area contributed by atoms with E-state index < -0.39 is 23.0 Å². The molecule has 1 atom stereocenters. The van der Waals surface area contributed by atoms with Crippen molar-refractivity contribution in [1.82, 2.24) is 14.9 Å². The molecule has 27 heavy (non-hydrogen) atoms. The van der Waals surface area contributed by atoms with Crippen LogP contribution in [-0.4, -0.2) is 33.6 Å².